The summed E-state index contributed by atoms with van der Waals surface area (Å²) in [5.41, 5.74) is 3.22. The number of benzene rings is 2. The lowest BCUT2D eigenvalue weighted by molar-refractivity contribution is -0.113. The van der Waals surface area contributed by atoms with E-state index in [0.29, 0.717) is 17.0 Å². The number of hydrogen-bond donors (Lipinski definition) is 1. The maximum Gasteiger partial charge on any atom is 0.338 e. The van der Waals surface area contributed by atoms with Crippen molar-refractivity contribution in [3.8, 4) is 0 Å². The fourth-order valence-electron chi connectivity index (χ4n) is 2.13. The average Bonchev–Trinajstić information content (AvgIpc) is 2.53. The van der Waals surface area contributed by atoms with Gasteiger partial charge in [0, 0.05) is 4.90 Å². The third kappa shape index (κ3) is 3.31. The van der Waals surface area contributed by atoms with Gasteiger partial charge in [-0.05, 0) is 30.7 Å². The summed E-state index contributed by atoms with van der Waals surface area (Å²) < 4.78 is 5.31. The van der Waals surface area contributed by atoms with E-state index in [2.05, 4.69) is 5.32 Å². The third-order valence-corrected chi connectivity index (χ3v) is 4.41. The lowest BCUT2D eigenvalue weighted by Crippen LogP contribution is -2.19. The fraction of sp³-hybridized carbons (Fsp3) is 0.176. The topological polar surface area (TPSA) is 55.4 Å². The van der Waals surface area contributed by atoms with Crippen molar-refractivity contribution in [2.75, 3.05) is 11.1 Å². The lowest BCUT2D eigenvalue weighted by Gasteiger charge is -2.16. The van der Waals surface area contributed by atoms with Crippen molar-refractivity contribution < 1.29 is 14.3 Å². The number of thioether (sulfide) groups is 1. The van der Waals surface area contributed by atoms with E-state index in [-0.39, 0.29) is 12.5 Å². The molecule has 1 heterocycles. The number of hydrogen-bond acceptors (Lipinski definition) is 4. The molecule has 1 aliphatic heterocycles. The van der Waals surface area contributed by atoms with Crippen molar-refractivity contribution in [2.45, 2.75) is 18.4 Å². The van der Waals surface area contributed by atoms with E-state index < -0.39 is 5.97 Å². The summed E-state index contributed by atoms with van der Waals surface area (Å²) in [6.45, 7) is 2.24. The molecule has 0 saturated heterocycles. The average molecular weight is 313 g/mol. The standard InChI is InChI=1S/C17H15NO3S/c1-11-2-4-12(5-3-11)9-21-17(20)13-6-7-15-14(8-13)18-16(19)10-22-15/h2-8H,9-10H2,1H3,(H,18,19). The van der Waals surface area contributed by atoms with E-state index in [1.54, 1.807) is 12.1 Å². The normalized spacial score (nSPS) is 13.2. The largest absolute Gasteiger partial charge is 0.457 e. The first-order chi connectivity index (χ1) is 10.6. The maximum atomic E-state index is 12.1. The van der Waals surface area contributed by atoms with Crippen LogP contribution in [0.4, 0.5) is 5.69 Å². The van der Waals surface area contributed by atoms with Gasteiger partial charge in [0.1, 0.15) is 6.61 Å². The number of carbonyl (C=O) groups is 2. The van der Waals surface area contributed by atoms with Crippen LogP contribution in [0.2, 0.25) is 0 Å². The SMILES string of the molecule is Cc1ccc(COC(=O)c2ccc3c(c2)NC(=O)CS3)cc1. The molecule has 2 aromatic carbocycles. The second-order valence-electron chi connectivity index (χ2n) is 5.11. The van der Waals surface area contributed by atoms with E-state index in [1.807, 2.05) is 37.3 Å². The van der Waals surface area contributed by atoms with Gasteiger partial charge >= 0.3 is 5.97 Å². The molecule has 0 aliphatic carbocycles. The molecule has 1 N–H and O–H groups in total. The van der Waals surface area contributed by atoms with Gasteiger partial charge in [0.2, 0.25) is 5.91 Å². The van der Waals surface area contributed by atoms with Gasteiger partial charge < -0.3 is 10.1 Å². The van der Waals surface area contributed by atoms with Crippen LogP contribution in [0.1, 0.15) is 21.5 Å². The number of aryl methyl sites for hydroxylation is 1. The molecular formula is C17H15NO3S. The zero-order chi connectivity index (χ0) is 15.5. The molecular weight excluding hydrogens is 298 g/mol. The minimum Gasteiger partial charge on any atom is -0.457 e. The van der Waals surface area contributed by atoms with Crippen LogP contribution in [0.15, 0.2) is 47.4 Å². The van der Waals surface area contributed by atoms with Crippen LogP contribution >= 0.6 is 11.8 Å². The van der Waals surface area contributed by atoms with Gasteiger partial charge in [-0.2, -0.15) is 0 Å². The van der Waals surface area contributed by atoms with E-state index in [1.165, 1.54) is 11.8 Å². The molecule has 0 spiro atoms. The number of rotatable bonds is 3. The highest BCUT2D eigenvalue weighted by Gasteiger charge is 2.17. The van der Waals surface area contributed by atoms with Gasteiger partial charge in [-0.25, -0.2) is 4.79 Å². The first kappa shape index (κ1) is 14.7. The van der Waals surface area contributed by atoms with E-state index in [0.717, 1.165) is 16.0 Å². The predicted octanol–water partition coefficient (Wildman–Crippen LogP) is 3.40. The summed E-state index contributed by atoms with van der Waals surface area (Å²) in [5, 5.41) is 2.77. The van der Waals surface area contributed by atoms with E-state index in [9.17, 15) is 9.59 Å². The van der Waals surface area contributed by atoms with Crippen molar-refractivity contribution in [3.05, 3.63) is 59.2 Å². The van der Waals surface area contributed by atoms with Crippen LogP contribution in [0, 0.1) is 6.92 Å². The van der Waals surface area contributed by atoms with Gasteiger partial charge in [0.25, 0.3) is 0 Å². The van der Waals surface area contributed by atoms with E-state index in [4.69, 9.17) is 4.74 Å². The number of anilines is 1. The first-order valence-electron chi connectivity index (χ1n) is 6.91. The molecule has 0 radical (unpaired) electrons. The van der Waals surface area contributed by atoms with Gasteiger partial charge in [-0.3, -0.25) is 4.79 Å². The van der Waals surface area contributed by atoms with Crippen LogP contribution in [0.3, 0.4) is 0 Å². The smallest absolute Gasteiger partial charge is 0.338 e. The minimum atomic E-state index is -0.395. The summed E-state index contributed by atoms with van der Waals surface area (Å²) in [4.78, 5) is 24.5. The Bertz CT molecular complexity index is 725. The summed E-state index contributed by atoms with van der Waals surface area (Å²) in [7, 11) is 0. The van der Waals surface area contributed by atoms with Crippen molar-refractivity contribution >= 4 is 29.3 Å². The van der Waals surface area contributed by atoms with Crippen molar-refractivity contribution in [1.82, 2.24) is 0 Å². The number of carbonyl (C=O) groups excluding carboxylic acids is 2. The lowest BCUT2D eigenvalue weighted by atomic mass is 10.1. The van der Waals surface area contributed by atoms with E-state index >= 15 is 0 Å². The highest BCUT2D eigenvalue weighted by atomic mass is 32.2. The monoisotopic (exact) mass is 313 g/mol. The Balaban J connectivity index is 1.68. The zero-order valence-electron chi connectivity index (χ0n) is 12.1. The number of amides is 1. The molecule has 4 nitrogen and oxygen atoms in total. The molecule has 0 fully saturated rings. The summed E-state index contributed by atoms with van der Waals surface area (Å²) in [6, 6.07) is 13.1. The molecule has 1 amide bonds. The Kier molecular flexibility index (Phi) is 4.15. The number of esters is 1. The van der Waals surface area contributed by atoms with Crippen LogP contribution in [-0.2, 0) is 16.1 Å². The molecule has 0 bridgehead atoms. The van der Waals surface area contributed by atoms with Crippen molar-refractivity contribution in [1.29, 1.82) is 0 Å². The summed E-state index contributed by atoms with van der Waals surface area (Å²) >= 11 is 1.46. The van der Waals surface area contributed by atoms with Crippen LogP contribution < -0.4 is 5.32 Å². The number of ether oxygens (including phenoxy) is 1. The highest BCUT2D eigenvalue weighted by Crippen LogP contribution is 2.32. The Morgan fingerprint density at radius 2 is 2.00 bits per heavy atom. The van der Waals surface area contributed by atoms with Crippen LogP contribution in [0.25, 0.3) is 0 Å². The van der Waals surface area contributed by atoms with Crippen LogP contribution in [0.5, 0.6) is 0 Å². The summed E-state index contributed by atoms with van der Waals surface area (Å²) in [5.74, 6) is -0.0413. The summed E-state index contributed by atoms with van der Waals surface area (Å²) in [6.07, 6.45) is 0. The Labute approximate surface area is 132 Å². The molecule has 3 rings (SSSR count). The third-order valence-electron chi connectivity index (χ3n) is 3.34. The van der Waals surface area contributed by atoms with Gasteiger partial charge in [-0.1, -0.05) is 29.8 Å². The van der Waals surface area contributed by atoms with Crippen molar-refractivity contribution in [3.63, 3.8) is 0 Å². The molecule has 0 aromatic heterocycles. The molecule has 5 heteroatoms. The second kappa shape index (κ2) is 6.23. The highest BCUT2D eigenvalue weighted by molar-refractivity contribution is 8.00. The molecule has 0 atom stereocenters. The zero-order valence-corrected chi connectivity index (χ0v) is 12.9. The van der Waals surface area contributed by atoms with Gasteiger partial charge in [-0.15, -0.1) is 11.8 Å². The Morgan fingerprint density at radius 3 is 2.77 bits per heavy atom. The molecule has 2 aromatic rings. The number of fused-ring (bicyclic) bond motifs is 1. The van der Waals surface area contributed by atoms with Gasteiger partial charge in [0.05, 0.1) is 17.0 Å². The maximum absolute atomic E-state index is 12.1. The molecule has 0 saturated carbocycles. The minimum absolute atomic E-state index is 0.0531. The molecule has 22 heavy (non-hydrogen) atoms. The van der Waals surface area contributed by atoms with Crippen LogP contribution in [-0.4, -0.2) is 17.6 Å². The fourth-order valence-corrected chi connectivity index (χ4v) is 2.92. The predicted molar refractivity (Wildman–Crippen MR) is 86.1 cm³/mol. The molecule has 112 valence electrons. The van der Waals surface area contributed by atoms with Crippen molar-refractivity contribution in [2.24, 2.45) is 0 Å². The quantitative estimate of drug-likeness (QED) is 0.883. The first-order valence-corrected chi connectivity index (χ1v) is 7.90. The second-order valence-corrected chi connectivity index (χ2v) is 6.13. The Morgan fingerprint density at radius 1 is 1.23 bits per heavy atom. The Hall–Kier alpha value is -2.27. The number of nitrogens with one attached hydrogen (secondary N) is 1. The molecule has 0 unspecified atom stereocenters. The molecule has 1 aliphatic rings. The van der Waals surface area contributed by atoms with Gasteiger partial charge in [0.15, 0.2) is 0 Å².